The van der Waals surface area contributed by atoms with Gasteiger partial charge in [-0.05, 0) is 65.6 Å². The molecule has 6 N–H and O–H groups in total. The summed E-state index contributed by atoms with van der Waals surface area (Å²) in [5, 5.41) is 17.3. The Morgan fingerprint density at radius 1 is 0.619 bits per heavy atom. The second-order valence-electron chi connectivity index (χ2n) is 15.5. The molecule has 0 aliphatic carbocycles. The topological polar surface area (TPSA) is 127 Å². The first kappa shape index (κ1) is 39.4. The van der Waals surface area contributed by atoms with Gasteiger partial charge in [0.15, 0.2) is 5.84 Å². The minimum atomic E-state index is -0.465. The SMILES string of the molecule is Cc1cccc2oc3ccc(-c4cccc5sc(Cc6ccccc6)c(NC(N)c6cccc7oc8ccccc8c67)c45)cc3c12.N=C(N=C(N)c1ccccc1)c1ccccc1. The number of anilines is 1. The number of nitrogens with two attached hydrogens (primary N) is 2. The fourth-order valence-electron chi connectivity index (χ4n) is 8.42. The van der Waals surface area contributed by atoms with E-state index in [0.29, 0.717) is 5.84 Å². The van der Waals surface area contributed by atoms with Crippen LogP contribution in [-0.4, -0.2) is 11.7 Å². The molecular formula is C55H43N5O2S. The summed E-state index contributed by atoms with van der Waals surface area (Å²) in [7, 11) is 0. The molecule has 0 saturated heterocycles. The maximum absolute atomic E-state index is 7.84. The Kier molecular flexibility index (Phi) is 10.6. The monoisotopic (exact) mass is 837 g/mol. The molecule has 0 fully saturated rings. The molecule has 63 heavy (non-hydrogen) atoms. The Morgan fingerprint density at radius 3 is 2.00 bits per heavy atom. The Balaban J connectivity index is 0.000000234. The van der Waals surface area contributed by atoms with Crippen molar-refractivity contribution >= 4 is 82.7 Å². The van der Waals surface area contributed by atoms with Gasteiger partial charge in [0.25, 0.3) is 0 Å². The van der Waals surface area contributed by atoms with Gasteiger partial charge in [-0.2, -0.15) is 0 Å². The highest BCUT2D eigenvalue weighted by Gasteiger charge is 2.22. The van der Waals surface area contributed by atoms with Crippen LogP contribution in [0.1, 0.15) is 38.9 Å². The molecule has 8 aromatic carbocycles. The van der Waals surface area contributed by atoms with E-state index < -0.39 is 6.17 Å². The van der Waals surface area contributed by atoms with Crippen LogP contribution in [0.25, 0.3) is 65.1 Å². The summed E-state index contributed by atoms with van der Waals surface area (Å²) < 4.78 is 13.7. The Labute approximate surface area is 368 Å². The molecule has 1 atom stereocenters. The third-order valence-electron chi connectivity index (χ3n) is 11.4. The predicted molar refractivity (Wildman–Crippen MR) is 263 cm³/mol. The molecule has 0 spiro atoms. The van der Waals surface area contributed by atoms with Gasteiger partial charge < -0.3 is 25.6 Å². The minimum absolute atomic E-state index is 0.173. The van der Waals surface area contributed by atoms with E-state index in [-0.39, 0.29) is 5.84 Å². The first-order valence-corrected chi connectivity index (χ1v) is 21.7. The first-order valence-electron chi connectivity index (χ1n) is 20.9. The van der Waals surface area contributed by atoms with E-state index in [1.807, 2.05) is 108 Å². The number of aliphatic imine (C=N–C) groups is 1. The molecule has 11 aromatic rings. The molecule has 0 aliphatic heterocycles. The van der Waals surface area contributed by atoms with Crippen LogP contribution in [0.2, 0.25) is 0 Å². The molecule has 1 unspecified atom stereocenters. The summed E-state index contributed by atoms with van der Waals surface area (Å²) >= 11 is 1.83. The van der Waals surface area contributed by atoms with Crippen molar-refractivity contribution in [2.24, 2.45) is 16.5 Å². The van der Waals surface area contributed by atoms with Gasteiger partial charge in [-0.25, -0.2) is 4.99 Å². The zero-order valence-electron chi connectivity index (χ0n) is 34.5. The highest BCUT2D eigenvalue weighted by atomic mass is 32.1. The van der Waals surface area contributed by atoms with E-state index >= 15 is 0 Å². The van der Waals surface area contributed by atoms with Crippen molar-refractivity contribution in [3.63, 3.8) is 0 Å². The molecule has 3 heterocycles. The fourth-order valence-corrected chi connectivity index (χ4v) is 9.64. The van der Waals surface area contributed by atoms with Crippen LogP contribution in [-0.2, 0) is 6.42 Å². The van der Waals surface area contributed by atoms with Crippen molar-refractivity contribution in [2.45, 2.75) is 19.5 Å². The number of para-hydroxylation sites is 1. The summed E-state index contributed by atoms with van der Waals surface area (Å²) in [6.45, 7) is 2.15. The number of furan rings is 2. The fraction of sp³-hybridized carbons (Fsp3) is 0.0545. The molecule has 0 saturated carbocycles. The second-order valence-corrected chi connectivity index (χ2v) is 16.7. The largest absolute Gasteiger partial charge is 0.456 e. The molecule has 0 bridgehead atoms. The molecule has 306 valence electrons. The summed E-state index contributed by atoms with van der Waals surface area (Å²) in [5.74, 6) is 0.534. The van der Waals surface area contributed by atoms with E-state index in [2.05, 4.69) is 108 Å². The maximum atomic E-state index is 7.84. The van der Waals surface area contributed by atoms with Gasteiger partial charge in [0.2, 0.25) is 0 Å². The number of fused-ring (bicyclic) bond motifs is 7. The van der Waals surface area contributed by atoms with Crippen molar-refractivity contribution in [2.75, 3.05) is 5.32 Å². The normalized spacial score (nSPS) is 12.2. The average Bonchev–Trinajstić information content (AvgIpc) is 4.01. The summed E-state index contributed by atoms with van der Waals surface area (Å²) in [5.41, 5.74) is 24.9. The number of nitrogens with one attached hydrogen (secondary N) is 2. The molecule has 0 aliphatic rings. The lowest BCUT2D eigenvalue weighted by Gasteiger charge is -2.19. The number of aryl methyl sites for hydroxylation is 1. The summed E-state index contributed by atoms with van der Waals surface area (Å²) in [6, 6.07) is 63.1. The number of nitrogens with zero attached hydrogens (tertiary/aromatic N) is 1. The first-order chi connectivity index (χ1) is 30.9. The van der Waals surface area contributed by atoms with E-state index in [4.69, 9.17) is 25.7 Å². The molecule has 3 aromatic heterocycles. The molecule has 11 rings (SSSR count). The van der Waals surface area contributed by atoms with E-state index in [9.17, 15) is 0 Å². The van der Waals surface area contributed by atoms with Gasteiger partial charge in [0, 0.05) is 59.6 Å². The standard InChI is InChI=1S/C41H30N2O2S.C14H13N3/c1-24-10-7-17-33-37(24)30-23-26(20-21-32(30)45-33)27-14-9-19-35-39(27)40(36(46-35)22-25-11-3-2-4-12-25)43-41(42)29-15-8-18-34-38(29)28-13-5-6-16-31(28)44-34;15-13(11-7-3-1-4-8-11)17-14(16)12-9-5-2-6-10-12/h2-21,23,41,43H,22,42H2,1H3;1-10H,(H3,15,16,17). The van der Waals surface area contributed by atoms with Gasteiger partial charge in [-0.1, -0.05) is 152 Å². The lowest BCUT2D eigenvalue weighted by Crippen LogP contribution is -2.20. The zero-order valence-corrected chi connectivity index (χ0v) is 35.3. The number of amidine groups is 2. The summed E-state index contributed by atoms with van der Waals surface area (Å²) in [4.78, 5) is 5.34. The highest BCUT2D eigenvalue weighted by Crippen LogP contribution is 2.45. The average molecular weight is 838 g/mol. The van der Waals surface area contributed by atoms with Gasteiger partial charge in [0.05, 0.1) is 5.69 Å². The second kappa shape index (κ2) is 16.9. The number of benzene rings is 8. The van der Waals surface area contributed by atoms with Gasteiger partial charge in [-0.15, -0.1) is 11.3 Å². The Bertz CT molecular complexity index is 3460. The predicted octanol–water partition coefficient (Wildman–Crippen LogP) is 13.8. The lowest BCUT2D eigenvalue weighted by atomic mass is 9.97. The molecule has 0 radical (unpaired) electrons. The van der Waals surface area contributed by atoms with Crippen molar-refractivity contribution in [1.29, 1.82) is 5.41 Å². The number of hydrogen-bond acceptors (Lipinski definition) is 6. The number of rotatable bonds is 8. The van der Waals surface area contributed by atoms with Crippen molar-refractivity contribution < 1.29 is 8.83 Å². The van der Waals surface area contributed by atoms with Crippen LogP contribution in [0.5, 0.6) is 0 Å². The zero-order chi connectivity index (χ0) is 42.9. The van der Waals surface area contributed by atoms with Crippen LogP contribution in [0.3, 0.4) is 0 Å². The number of thiophene rings is 1. The van der Waals surface area contributed by atoms with Crippen LogP contribution < -0.4 is 16.8 Å². The van der Waals surface area contributed by atoms with Crippen molar-refractivity contribution in [1.82, 2.24) is 0 Å². The molecule has 0 amide bonds. The molecule has 7 nitrogen and oxygen atoms in total. The van der Waals surface area contributed by atoms with Gasteiger partial charge >= 0.3 is 0 Å². The van der Waals surface area contributed by atoms with Gasteiger partial charge in [0.1, 0.15) is 34.3 Å². The van der Waals surface area contributed by atoms with Crippen molar-refractivity contribution in [3.8, 4) is 11.1 Å². The van der Waals surface area contributed by atoms with E-state index in [1.54, 1.807) is 0 Å². The lowest BCUT2D eigenvalue weighted by molar-refractivity contribution is 0.668. The molecule has 8 heteroatoms. The number of hydrogen-bond donors (Lipinski definition) is 4. The smallest absolute Gasteiger partial charge is 0.154 e. The van der Waals surface area contributed by atoms with Crippen LogP contribution >= 0.6 is 11.3 Å². The third-order valence-corrected chi connectivity index (χ3v) is 12.6. The van der Waals surface area contributed by atoms with Crippen LogP contribution in [0.15, 0.2) is 202 Å². The Morgan fingerprint density at radius 2 is 1.24 bits per heavy atom. The van der Waals surface area contributed by atoms with E-state index in [1.165, 1.54) is 37.0 Å². The maximum Gasteiger partial charge on any atom is 0.154 e. The third kappa shape index (κ3) is 7.74. The Hall–Kier alpha value is -7.78. The van der Waals surface area contributed by atoms with Gasteiger partial charge in [-0.3, -0.25) is 5.41 Å². The van der Waals surface area contributed by atoms with Crippen LogP contribution in [0, 0.1) is 12.3 Å². The quantitative estimate of drug-likeness (QED) is 0.0689. The van der Waals surface area contributed by atoms with E-state index in [0.717, 1.165) is 72.9 Å². The minimum Gasteiger partial charge on any atom is -0.456 e. The molecular weight excluding hydrogens is 795 g/mol. The summed E-state index contributed by atoms with van der Waals surface area (Å²) in [6.07, 6.45) is 0.339. The highest BCUT2D eigenvalue weighted by molar-refractivity contribution is 7.20. The van der Waals surface area contributed by atoms with Crippen LogP contribution in [0.4, 0.5) is 5.69 Å². The van der Waals surface area contributed by atoms with Crippen molar-refractivity contribution in [3.05, 3.63) is 221 Å².